The minimum absolute atomic E-state index is 0.183. The first-order valence-electron chi connectivity index (χ1n) is 5.19. The predicted octanol–water partition coefficient (Wildman–Crippen LogP) is 2.81. The molecule has 1 saturated carbocycles. The molecule has 0 atom stereocenters. The molecular weight excluding hydrogens is 204 g/mol. The lowest BCUT2D eigenvalue weighted by atomic mass is 10.1. The molecule has 1 aromatic heterocycles. The number of aromatic nitrogens is 1. The van der Waals surface area contributed by atoms with E-state index >= 15 is 0 Å². The first-order valence-corrected chi connectivity index (χ1v) is 6.13. The van der Waals surface area contributed by atoms with Crippen LogP contribution in [0.1, 0.15) is 18.5 Å². The van der Waals surface area contributed by atoms with Gasteiger partial charge in [0, 0.05) is 18.5 Å². The third-order valence-corrected chi connectivity index (χ3v) is 3.52. The number of nitrogens with zero attached hydrogens (tertiary/aromatic N) is 2. The summed E-state index contributed by atoms with van der Waals surface area (Å²) in [5, 5.41) is 2.16. The van der Waals surface area contributed by atoms with E-state index in [2.05, 4.69) is 28.4 Å². The van der Waals surface area contributed by atoms with Gasteiger partial charge in [-0.3, -0.25) is 4.90 Å². The van der Waals surface area contributed by atoms with Crippen LogP contribution in [0.2, 0.25) is 0 Å². The van der Waals surface area contributed by atoms with E-state index in [1.807, 2.05) is 17.7 Å². The van der Waals surface area contributed by atoms with Crippen molar-refractivity contribution in [2.45, 2.75) is 18.4 Å². The van der Waals surface area contributed by atoms with Crippen LogP contribution < -0.4 is 0 Å². The van der Waals surface area contributed by atoms with Gasteiger partial charge in [-0.25, -0.2) is 4.98 Å². The largest absolute Gasteiger partial charge is 0.285 e. The monoisotopic (exact) mass is 220 g/mol. The van der Waals surface area contributed by atoms with Gasteiger partial charge in [0.25, 0.3) is 0 Å². The highest BCUT2D eigenvalue weighted by Gasteiger charge is 2.50. The lowest BCUT2D eigenvalue weighted by Crippen LogP contribution is -2.35. The highest BCUT2D eigenvalue weighted by Crippen LogP contribution is 2.50. The summed E-state index contributed by atoms with van der Waals surface area (Å²) in [7, 11) is 0. The van der Waals surface area contributed by atoms with E-state index in [0.717, 1.165) is 13.1 Å². The number of hydrogen-bond acceptors (Lipinski definition) is 3. The molecule has 15 heavy (non-hydrogen) atoms. The molecule has 1 heterocycles. The number of hydrogen-bond donors (Lipinski definition) is 0. The van der Waals surface area contributed by atoms with Crippen molar-refractivity contribution in [1.82, 2.24) is 9.88 Å². The molecule has 80 valence electrons. The molecule has 0 unspecified atom stereocenters. The van der Waals surface area contributed by atoms with Crippen LogP contribution in [0.5, 0.6) is 0 Å². The molecule has 0 bridgehead atoms. The van der Waals surface area contributed by atoms with Gasteiger partial charge in [0.15, 0.2) is 0 Å². The average Bonchev–Trinajstić information content (AvgIpc) is 2.86. The average molecular weight is 220 g/mol. The van der Waals surface area contributed by atoms with Gasteiger partial charge in [0.05, 0.1) is 16.7 Å². The Kier molecular flexibility index (Phi) is 3.03. The molecule has 2 nitrogen and oxygen atoms in total. The van der Waals surface area contributed by atoms with Crippen LogP contribution >= 0.6 is 11.3 Å². The van der Waals surface area contributed by atoms with E-state index in [0.29, 0.717) is 0 Å². The van der Waals surface area contributed by atoms with Gasteiger partial charge < -0.3 is 0 Å². The number of thiazole rings is 1. The molecule has 1 aliphatic carbocycles. The van der Waals surface area contributed by atoms with E-state index in [1.54, 1.807) is 11.3 Å². The lowest BCUT2D eigenvalue weighted by Gasteiger charge is -2.28. The Hall–Kier alpha value is -0.930. The molecule has 0 spiro atoms. The normalized spacial score (nSPS) is 17.7. The van der Waals surface area contributed by atoms with Gasteiger partial charge in [0.2, 0.25) is 0 Å². The molecule has 2 rings (SSSR count). The highest BCUT2D eigenvalue weighted by atomic mass is 32.1. The van der Waals surface area contributed by atoms with Crippen molar-refractivity contribution >= 4 is 11.3 Å². The quantitative estimate of drug-likeness (QED) is 0.685. The molecular formula is C12H16N2S. The SMILES string of the molecule is C=CCN(CC=C)C1(c2cscn2)CC1. The zero-order valence-electron chi connectivity index (χ0n) is 8.85. The molecule has 0 radical (unpaired) electrons. The second kappa shape index (κ2) is 4.29. The zero-order chi connectivity index (χ0) is 10.7. The van der Waals surface area contributed by atoms with Crippen molar-refractivity contribution in [3.05, 3.63) is 41.9 Å². The fraction of sp³-hybridized carbons (Fsp3) is 0.417. The first kappa shape index (κ1) is 10.6. The van der Waals surface area contributed by atoms with Crippen molar-refractivity contribution in [2.75, 3.05) is 13.1 Å². The fourth-order valence-electron chi connectivity index (χ4n) is 2.03. The van der Waals surface area contributed by atoms with Crippen molar-refractivity contribution in [3.8, 4) is 0 Å². The third kappa shape index (κ3) is 1.90. The van der Waals surface area contributed by atoms with Crippen LogP contribution in [0, 0.1) is 0 Å². The summed E-state index contributed by atoms with van der Waals surface area (Å²) >= 11 is 1.67. The molecule has 0 amide bonds. The van der Waals surface area contributed by atoms with Crippen molar-refractivity contribution < 1.29 is 0 Å². The summed E-state index contributed by atoms with van der Waals surface area (Å²) in [6.45, 7) is 9.44. The Bertz CT molecular complexity index is 329. The van der Waals surface area contributed by atoms with Gasteiger partial charge in [0.1, 0.15) is 0 Å². The zero-order valence-corrected chi connectivity index (χ0v) is 9.67. The minimum atomic E-state index is 0.183. The predicted molar refractivity (Wildman–Crippen MR) is 65.0 cm³/mol. The minimum Gasteiger partial charge on any atom is -0.285 e. The molecule has 0 aromatic carbocycles. The molecule has 0 saturated heterocycles. The summed E-state index contributed by atoms with van der Waals surface area (Å²) in [4.78, 5) is 6.85. The van der Waals surface area contributed by atoms with E-state index in [-0.39, 0.29) is 5.54 Å². The first-order chi connectivity index (χ1) is 7.33. The van der Waals surface area contributed by atoms with Crippen LogP contribution in [-0.4, -0.2) is 23.0 Å². The molecule has 1 fully saturated rings. The van der Waals surface area contributed by atoms with E-state index in [1.165, 1.54) is 18.5 Å². The Labute approximate surface area is 95.0 Å². The van der Waals surface area contributed by atoms with E-state index in [4.69, 9.17) is 0 Å². The number of rotatable bonds is 6. The smallest absolute Gasteiger partial charge is 0.0795 e. The maximum atomic E-state index is 4.44. The summed E-state index contributed by atoms with van der Waals surface area (Å²) in [6, 6.07) is 0. The highest BCUT2D eigenvalue weighted by molar-refractivity contribution is 7.07. The third-order valence-electron chi connectivity index (χ3n) is 2.94. The maximum absolute atomic E-state index is 4.44. The summed E-state index contributed by atoms with van der Waals surface area (Å²) in [6.07, 6.45) is 6.32. The van der Waals surface area contributed by atoms with Crippen molar-refractivity contribution in [2.24, 2.45) is 0 Å². The second-order valence-electron chi connectivity index (χ2n) is 3.89. The summed E-state index contributed by atoms with van der Waals surface area (Å²) in [5.41, 5.74) is 3.31. The van der Waals surface area contributed by atoms with Crippen LogP contribution in [-0.2, 0) is 5.54 Å². The molecule has 0 aliphatic heterocycles. The molecule has 0 N–H and O–H groups in total. The Morgan fingerprint density at radius 3 is 2.47 bits per heavy atom. The molecule has 3 heteroatoms. The Balaban J connectivity index is 2.19. The standard InChI is InChI=1S/C12H16N2S/c1-3-7-14(8-4-2)12(5-6-12)11-9-15-10-13-11/h3-4,9-10H,1-2,5-8H2. The topological polar surface area (TPSA) is 16.1 Å². The van der Waals surface area contributed by atoms with Crippen molar-refractivity contribution in [3.63, 3.8) is 0 Å². The van der Waals surface area contributed by atoms with Crippen molar-refractivity contribution in [1.29, 1.82) is 0 Å². The van der Waals surface area contributed by atoms with Gasteiger partial charge in [-0.1, -0.05) is 12.2 Å². The van der Waals surface area contributed by atoms with Crippen LogP contribution in [0.25, 0.3) is 0 Å². The Morgan fingerprint density at radius 1 is 1.40 bits per heavy atom. The van der Waals surface area contributed by atoms with Gasteiger partial charge in [-0.15, -0.1) is 24.5 Å². The Morgan fingerprint density at radius 2 is 2.07 bits per heavy atom. The lowest BCUT2D eigenvalue weighted by molar-refractivity contribution is 0.216. The molecule has 1 aliphatic rings. The van der Waals surface area contributed by atoms with Gasteiger partial charge >= 0.3 is 0 Å². The van der Waals surface area contributed by atoms with Crippen LogP contribution in [0.3, 0.4) is 0 Å². The fourth-order valence-corrected chi connectivity index (χ4v) is 2.68. The van der Waals surface area contributed by atoms with Crippen LogP contribution in [0.15, 0.2) is 36.2 Å². The summed E-state index contributed by atoms with van der Waals surface area (Å²) in [5.74, 6) is 0. The second-order valence-corrected chi connectivity index (χ2v) is 4.61. The summed E-state index contributed by atoms with van der Waals surface area (Å²) < 4.78 is 0. The maximum Gasteiger partial charge on any atom is 0.0795 e. The van der Waals surface area contributed by atoms with Gasteiger partial charge in [-0.2, -0.15) is 0 Å². The van der Waals surface area contributed by atoms with E-state index < -0.39 is 0 Å². The van der Waals surface area contributed by atoms with E-state index in [9.17, 15) is 0 Å². The molecule has 1 aromatic rings. The van der Waals surface area contributed by atoms with Crippen LogP contribution in [0.4, 0.5) is 0 Å². The van der Waals surface area contributed by atoms with Gasteiger partial charge in [-0.05, 0) is 12.8 Å².